The SMILES string of the molecule is COCOC1CCC[SiH](CCCSC(=O)COc2ccccc2)N(C)CC1. The average Bonchev–Trinajstić information content (AvgIpc) is 2.68. The van der Waals surface area contributed by atoms with E-state index >= 15 is 0 Å². The maximum absolute atomic E-state index is 12.0. The molecule has 1 aromatic carbocycles. The standard InChI is InChI=1S/C20H33NO4SSi/c1-21-12-11-19(25-17-23-2)10-6-14-27(21)15-7-13-26-20(22)16-24-18-8-4-3-5-9-18/h3-5,8-9,19,27H,6-7,10-17H2,1-2H3. The maximum atomic E-state index is 12.0. The molecule has 0 spiro atoms. The second-order valence-corrected chi connectivity index (χ2v) is 11.5. The van der Waals surface area contributed by atoms with Crippen LogP contribution in [0.3, 0.4) is 0 Å². The number of hydrogen-bond acceptors (Lipinski definition) is 6. The molecule has 1 heterocycles. The van der Waals surface area contributed by atoms with Gasteiger partial charge in [0.1, 0.15) is 21.5 Å². The Labute approximate surface area is 169 Å². The summed E-state index contributed by atoms with van der Waals surface area (Å²) < 4.78 is 18.9. The lowest BCUT2D eigenvalue weighted by Gasteiger charge is -2.31. The fourth-order valence-electron chi connectivity index (χ4n) is 3.38. The third-order valence-electron chi connectivity index (χ3n) is 4.96. The van der Waals surface area contributed by atoms with Gasteiger partial charge in [-0.15, -0.1) is 0 Å². The summed E-state index contributed by atoms with van der Waals surface area (Å²) in [4.78, 5) is 12.0. The van der Waals surface area contributed by atoms with Gasteiger partial charge in [0.2, 0.25) is 5.12 Å². The smallest absolute Gasteiger partial charge is 0.226 e. The molecule has 2 rings (SSSR count). The zero-order valence-corrected chi connectivity index (χ0v) is 18.6. The first-order chi connectivity index (χ1) is 13.2. The fourth-order valence-corrected chi connectivity index (χ4v) is 7.42. The monoisotopic (exact) mass is 411 g/mol. The minimum atomic E-state index is -0.886. The molecule has 0 bridgehead atoms. The summed E-state index contributed by atoms with van der Waals surface area (Å²) in [6.07, 6.45) is 4.93. The Balaban J connectivity index is 1.58. The number of nitrogens with zero attached hydrogens (tertiary/aromatic N) is 1. The molecule has 2 unspecified atom stereocenters. The van der Waals surface area contributed by atoms with Gasteiger partial charge in [-0.25, -0.2) is 0 Å². The van der Waals surface area contributed by atoms with Gasteiger partial charge in [-0.3, -0.25) is 4.79 Å². The van der Waals surface area contributed by atoms with Crippen LogP contribution >= 0.6 is 11.8 Å². The topological polar surface area (TPSA) is 48.0 Å². The number of para-hydroxylation sites is 1. The Bertz CT molecular complexity index is 534. The molecular formula is C20H33NO4SSi. The van der Waals surface area contributed by atoms with E-state index in [0.717, 1.165) is 37.3 Å². The van der Waals surface area contributed by atoms with Crippen molar-refractivity contribution in [1.29, 1.82) is 0 Å². The summed E-state index contributed by atoms with van der Waals surface area (Å²) in [7, 11) is 3.05. The molecule has 5 nitrogen and oxygen atoms in total. The number of rotatable bonds is 10. The van der Waals surface area contributed by atoms with Crippen LogP contribution in [-0.4, -0.2) is 64.6 Å². The van der Waals surface area contributed by atoms with Crippen molar-refractivity contribution in [2.24, 2.45) is 0 Å². The van der Waals surface area contributed by atoms with Crippen LogP contribution in [0.5, 0.6) is 5.75 Å². The zero-order valence-electron chi connectivity index (χ0n) is 16.6. The van der Waals surface area contributed by atoms with E-state index in [0.29, 0.717) is 12.9 Å². The largest absolute Gasteiger partial charge is 0.485 e. The molecule has 0 aromatic heterocycles. The minimum Gasteiger partial charge on any atom is -0.485 e. The van der Waals surface area contributed by atoms with Crippen molar-refractivity contribution >= 4 is 25.8 Å². The molecule has 1 fully saturated rings. The normalized spacial score (nSPS) is 21.4. The average molecular weight is 412 g/mol. The molecule has 27 heavy (non-hydrogen) atoms. The van der Waals surface area contributed by atoms with Gasteiger partial charge in [0.15, 0.2) is 6.61 Å². The van der Waals surface area contributed by atoms with Crippen molar-refractivity contribution in [2.45, 2.75) is 43.9 Å². The first kappa shape index (κ1) is 22.4. The van der Waals surface area contributed by atoms with E-state index in [9.17, 15) is 4.79 Å². The van der Waals surface area contributed by atoms with Gasteiger partial charge in [-0.1, -0.05) is 36.4 Å². The minimum absolute atomic E-state index is 0.115. The molecule has 7 heteroatoms. The number of carbonyl (C=O) groups is 1. The van der Waals surface area contributed by atoms with E-state index < -0.39 is 8.96 Å². The van der Waals surface area contributed by atoms with Crippen LogP contribution in [0.1, 0.15) is 25.7 Å². The van der Waals surface area contributed by atoms with Gasteiger partial charge in [-0.05, 0) is 57.1 Å². The highest BCUT2D eigenvalue weighted by Crippen LogP contribution is 2.21. The molecule has 1 aliphatic heterocycles. The number of ether oxygens (including phenoxy) is 3. The van der Waals surface area contributed by atoms with Crippen LogP contribution in [0.15, 0.2) is 30.3 Å². The van der Waals surface area contributed by atoms with E-state index in [-0.39, 0.29) is 11.7 Å². The summed E-state index contributed by atoms with van der Waals surface area (Å²) in [5, 5.41) is 0.115. The predicted molar refractivity (Wildman–Crippen MR) is 114 cm³/mol. The van der Waals surface area contributed by atoms with E-state index in [1.807, 2.05) is 30.3 Å². The van der Waals surface area contributed by atoms with Crippen LogP contribution in [0.25, 0.3) is 0 Å². The van der Waals surface area contributed by atoms with Gasteiger partial charge >= 0.3 is 0 Å². The number of hydrogen-bond donors (Lipinski definition) is 0. The van der Waals surface area contributed by atoms with E-state index in [4.69, 9.17) is 14.2 Å². The first-order valence-corrected chi connectivity index (χ1v) is 13.0. The predicted octanol–water partition coefficient (Wildman–Crippen LogP) is 3.54. The van der Waals surface area contributed by atoms with Crippen LogP contribution in [0, 0.1) is 0 Å². The molecule has 0 saturated carbocycles. The third-order valence-corrected chi connectivity index (χ3v) is 9.54. The van der Waals surface area contributed by atoms with Gasteiger partial charge in [0.25, 0.3) is 0 Å². The molecule has 1 saturated heterocycles. The first-order valence-electron chi connectivity index (χ1n) is 9.83. The molecule has 0 aliphatic carbocycles. The molecule has 0 radical (unpaired) electrons. The summed E-state index contributed by atoms with van der Waals surface area (Å²) >= 11 is 1.41. The molecule has 1 aromatic rings. The highest BCUT2D eigenvalue weighted by atomic mass is 32.2. The van der Waals surface area contributed by atoms with Gasteiger partial charge < -0.3 is 18.8 Å². The van der Waals surface area contributed by atoms with E-state index in [1.165, 1.54) is 30.3 Å². The van der Waals surface area contributed by atoms with Gasteiger partial charge in [-0.2, -0.15) is 0 Å². The third kappa shape index (κ3) is 9.25. The lowest BCUT2D eigenvalue weighted by molar-refractivity contribution is -0.112. The van der Waals surface area contributed by atoms with E-state index in [2.05, 4.69) is 11.6 Å². The highest BCUT2D eigenvalue weighted by molar-refractivity contribution is 8.13. The Kier molecular flexibility index (Phi) is 11.1. The zero-order chi connectivity index (χ0) is 19.3. The Hall–Kier alpha value is -0.863. The highest BCUT2D eigenvalue weighted by Gasteiger charge is 2.22. The van der Waals surface area contributed by atoms with Crippen LogP contribution in [0.4, 0.5) is 0 Å². The summed E-state index contributed by atoms with van der Waals surface area (Å²) in [5.41, 5.74) is 0. The Morgan fingerprint density at radius 2 is 2.11 bits per heavy atom. The lowest BCUT2D eigenvalue weighted by atomic mass is 10.1. The van der Waals surface area contributed by atoms with Crippen LogP contribution in [-0.2, 0) is 14.3 Å². The van der Waals surface area contributed by atoms with Gasteiger partial charge in [0, 0.05) is 12.9 Å². The van der Waals surface area contributed by atoms with Crippen molar-refractivity contribution in [2.75, 3.05) is 39.9 Å². The van der Waals surface area contributed by atoms with Crippen LogP contribution < -0.4 is 4.74 Å². The van der Waals surface area contributed by atoms with E-state index in [1.54, 1.807) is 7.11 Å². The summed E-state index contributed by atoms with van der Waals surface area (Å²) in [6.45, 7) is 1.66. The molecule has 0 amide bonds. The van der Waals surface area contributed by atoms with Gasteiger partial charge in [0.05, 0.1) is 6.10 Å². The fraction of sp³-hybridized carbons (Fsp3) is 0.650. The lowest BCUT2D eigenvalue weighted by Crippen LogP contribution is -2.40. The summed E-state index contributed by atoms with van der Waals surface area (Å²) in [5.74, 6) is 1.65. The van der Waals surface area contributed by atoms with Crippen LogP contribution in [0.2, 0.25) is 12.1 Å². The molecule has 1 aliphatic rings. The second kappa shape index (κ2) is 13.3. The van der Waals surface area contributed by atoms with Crippen molar-refractivity contribution in [3.8, 4) is 5.75 Å². The summed E-state index contributed by atoms with van der Waals surface area (Å²) in [6, 6.07) is 12.1. The quantitative estimate of drug-likeness (QED) is 0.333. The molecule has 152 valence electrons. The van der Waals surface area contributed by atoms with Crippen molar-refractivity contribution in [1.82, 2.24) is 4.57 Å². The number of methoxy groups -OCH3 is 1. The molecule has 2 atom stereocenters. The second-order valence-electron chi connectivity index (χ2n) is 7.01. The maximum Gasteiger partial charge on any atom is 0.226 e. The molecular weight excluding hydrogens is 378 g/mol. The molecule has 0 N–H and O–H groups in total. The number of carbonyl (C=O) groups excluding carboxylic acids is 1. The Morgan fingerprint density at radius 1 is 1.30 bits per heavy atom. The van der Waals surface area contributed by atoms with Crippen molar-refractivity contribution in [3.63, 3.8) is 0 Å². The van der Waals surface area contributed by atoms with Crippen molar-refractivity contribution in [3.05, 3.63) is 30.3 Å². The number of benzene rings is 1. The number of thioether (sulfide) groups is 1. The van der Waals surface area contributed by atoms with Crippen molar-refractivity contribution < 1.29 is 19.0 Å². The Morgan fingerprint density at radius 3 is 2.89 bits per heavy atom.